The number of imidazole rings is 1. The van der Waals surface area contributed by atoms with Crippen molar-refractivity contribution in [1.82, 2.24) is 9.55 Å². The molecule has 21 heavy (non-hydrogen) atoms. The molecule has 2 aromatic carbocycles. The van der Waals surface area contributed by atoms with Gasteiger partial charge in [0.05, 0.1) is 18.1 Å². The van der Waals surface area contributed by atoms with Crippen LogP contribution in [0.4, 0.5) is 5.69 Å². The minimum Gasteiger partial charge on any atom is -0.497 e. The third kappa shape index (κ3) is 2.70. The van der Waals surface area contributed by atoms with Gasteiger partial charge in [-0.3, -0.25) is 0 Å². The fourth-order valence-electron chi connectivity index (χ4n) is 2.42. The average Bonchev–Trinajstić information content (AvgIpc) is 2.80. The Labute approximate surface area is 124 Å². The summed E-state index contributed by atoms with van der Waals surface area (Å²) >= 11 is 0. The number of anilines is 1. The Bertz CT molecular complexity index is 777. The summed E-state index contributed by atoms with van der Waals surface area (Å²) in [7, 11) is 3.72. The first-order valence-electron chi connectivity index (χ1n) is 6.97. The fourth-order valence-corrected chi connectivity index (χ4v) is 2.42. The SMILES string of the molecule is COc1cccc(CNc2ccc3c(c2)nc(C)n3C)c1. The van der Waals surface area contributed by atoms with Gasteiger partial charge >= 0.3 is 0 Å². The van der Waals surface area contributed by atoms with E-state index in [1.165, 1.54) is 5.56 Å². The lowest BCUT2D eigenvalue weighted by molar-refractivity contribution is 0.414. The standard InChI is InChI=1S/C17H19N3O/c1-12-19-16-10-14(7-8-17(16)20(12)2)18-11-13-5-4-6-15(9-13)21-3/h4-10,18H,11H2,1-3H3. The van der Waals surface area contributed by atoms with Crippen LogP contribution in [0.3, 0.4) is 0 Å². The molecule has 1 N–H and O–H groups in total. The summed E-state index contributed by atoms with van der Waals surface area (Å²) < 4.78 is 7.34. The summed E-state index contributed by atoms with van der Waals surface area (Å²) in [4.78, 5) is 4.56. The van der Waals surface area contributed by atoms with Crippen LogP contribution in [0, 0.1) is 6.92 Å². The lowest BCUT2D eigenvalue weighted by atomic mass is 10.2. The molecule has 4 nitrogen and oxygen atoms in total. The van der Waals surface area contributed by atoms with Gasteiger partial charge in [0.1, 0.15) is 11.6 Å². The number of fused-ring (bicyclic) bond motifs is 1. The van der Waals surface area contributed by atoms with Crippen molar-refractivity contribution in [2.24, 2.45) is 7.05 Å². The summed E-state index contributed by atoms with van der Waals surface area (Å²) in [5, 5.41) is 3.43. The lowest BCUT2D eigenvalue weighted by Crippen LogP contribution is -1.99. The van der Waals surface area contributed by atoms with Crippen molar-refractivity contribution >= 4 is 16.7 Å². The molecule has 0 spiro atoms. The van der Waals surface area contributed by atoms with Crippen LogP contribution < -0.4 is 10.1 Å². The average molecular weight is 281 g/mol. The molecule has 1 heterocycles. The Balaban J connectivity index is 1.78. The molecular formula is C17H19N3O. The van der Waals surface area contributed by atoms with E-state index in [-0.39, 0.29) is 0 Å². The van der Waals surface area contributed by atoms with Crippen LogP contribution in [0.25, 0.3) is 11.0 Å². The maximum Gasteiger partial charge on any atom is 0.119 e. The zero-order valence-electron chi connectivity index (χ0n) is 12.6. The van der Waals surface area contributed by atoms with Crippen molar-refractivity contribution in [3.63, 3.8) is 0 Å². The lowest BCUT2D eigenvalue weighted by Gasteiger charge is -2.08. The summed E-state index contributed by atoms with van der Waals surface area (Å²) in [6, 6.07) is 14.3. The van der Waals surface area contributed by atoms with Crippen LogP contribution in [0.5, 0.6) is 5.75 Å². The summed E-state index contributed by atoms with van der Waals surface area (Å²) in [5.74, 6) is 1.90. The molecule has 0 fully saturated rings. The highest BCUT2D eigenvalue weighted by molar-refractivity contribution is 5.80. The second-order valence-electron chi connectivity index (χ2n) is 5.13. The first kappa shape index (κ1) is 13.5. The van der Waals surface area contributed by atoms with Crippen LogP contribution in [-0.4, -0.2) is 16.7 Å². The predicted molar refractivity (Wildman–Crippen MR) is 85.8 cm³/mol. The smallest absolute Gasteiger partial charge is 0.119 e. The van der Waals surface area contributed by atoms with E-state index >= 15 is 0 Å². The minimum atomic E-state index is 0.758. The topological polar surface area (TPSA) is 39.1 Å². The second-order valence-corrected chi connectivity index (χ2v) is 5.13. The number of ether oxygens (including phenoxy) is 1. The third-order valence-electron chi connectivity index (χ3n) is 3.74. The molecule has 0 amide bonds. The van der Waals surface area contributed by atoms with E-state index in [9.17, 15) is 0 Å². The molecule has 0 unspecified atom stereocenters. The fraction of sp³-hybridized carbons (Fsp3) is 0.235. The van der Waals surface area contributed by atoms with E-state index in [1.807, 2.05) is 32.2 Å². The second kappa shape index (κ2) is 5.48. The number of nitrogens with zero attached hydrogens (tertiary/aromatic N) is 2. The van der Waals surface area contributed by atoms with E-state index in [0.717, 1.165) is 34.8 Å². The van der Waals surface area contributed by atoms with Gasteiger partial charge in [-0.25, -0.2) is 4.98 Å². The van der Waals surface area contributed by atoms with Crippen LogP contribution >= 0.6 is 0 Å². The third-order valence-corrected chi connectivity index (χ3v) is 3.74. The van der Waals surface area contributed by atoms with Gasteiger partial charge in [-0.1, -0.05) is 12.1 Å². The van der Waals surface area contributed by atoms with Crippen molar-refractivity contribution in [3.8, 4) is 5.75 Å². The zero-order chi connectivity index (χ0) is 14.8. The molecule has 0 radical (unpaired) electrons. The molecule has 108 valence electrons. The molecule has 0 saturated carbocycles. The van der Waals surface area contributed by atoms with Gasteiger partial charge in [0.25, 0.3) is 0 Å². The molecule has 4 heteroatoms. The number of aryl methyl sites for hydroxylation is 2. The quantitative estimate of drug-likeness (QED) is 0.795. The molecular weight excluding hydrogens is 262 g/mol. The van der Waals surface area contributed by atoms with Crippen molar-refractivity contribution in [2.45, 2.75) is 13.5 Å². The first-order chi connectivity index (χ1) is 10.2. The highest BCUT2D eigenvalue weighted by Crippen LogP contribution is 2.20. The monoisotopic (exact) mass is 281 g/mol. The van der Waals surface area contributed by atoms with Crippen LogP contribution in [0.2, 0.25) is 0 Å². The predicted octanol–water partition coefficient (Wildman–Crippen LogP) is 3.50. The number of hydrogen-bond donors (Lipinski definition) is 1. The van der Waals surface area contributed by atoms with Gasteiger partial charge in [-0.05, 0) is 42.8 Å². The molecule has 0 atom stereocenters. The van der Waals surface area contributed by atoms with Crippen LogP contribution in [0.1, 0.15) is 11.4 Å². The molecule has 3 aromatic rings. The Kier molecular flexibility index (Phi) is 3.52. The largest absolute Gasteiger partial charge is 0.497 e. The Morgan fingerprint density at radius 1 is 1.19 bits per heavy atom. The van der Waals surface area contributed by atoms with Crippen LogP contribution in [-0.2, 0) is 13.6 Å². The van der Waals surface area contributed by atoms with Gasteiger partial charge in [-0.15, -0.1) is 0 Å². The van der Waals surface area contributed by atoms with E-state index in [4.69, 9.17) is 4.74 Å². The summed E-state index contributed by atoms with van der Waals surface area (Å²) in [5.41, 5.74) is 4.43. The van der Waals surface area contributed by atoms with Crippen molar-refractivity contribution in [2.75, 3.05) is 12.4 Å². The number of benzene rings is 2. The van der Waals surface area contributed by atoms with Crippen molar-refractivity contribution < 1.29 is 4.74 Å². The summed E-state index contributed by atoms with van der Waals surface area (Å²) in [6.07, 6.45) is 0. The Morgan fingerprint density at radius 3 is 2.86 bits per heavy atom. The highest BCUT2D eigenvalue weighted by Gasteiger charge is 2.04. The maximum atomic E-state index is 5.24. The van der Waals surface area contributed by atoms with Gasteiger partial charge in [0.2, 0.25) is 0 Å². The molecule has 0 bridgehead atoms. The van der Waals surface area contributed by atoms with E-state index in [0.29, 0.717) is 0 Å². The molecule has 3 rings (SSSR count). The van der Waals surface area contributed by atoms with Gasteiger partial charge in [0, 0.05) is 19.3 Å². The number of hydrogen-bond acceptors (Lipinski definition) is 3. The number of methoxy groups -OCH3 is 1. The van der Waals surface area contributed by atoms with Crippen molar-refractivity contribution in [1.29, 1.82) is 0 Å². The van der Waals surface area contributed by atoms with Crippen molar-refractivity contribution in [3.05, 3.63) is 53.9 Å². The van der Waals surface area contributed by atoms with E-state index in [2.05, 4.69) is 39.1 Å². The number of aromatic nitrogens is 2. The Hall–Kier alpha value is -2.49. The molecule has 0 aliphatic heterocycles. The number of rotatable bonds is 4. The molecule has 0 aliphatic rings. The normalized spacial score (nSPS) is 10.8. The van der Waals surface area contributed by atoms with E-state index < -0.39 is 0 Å². The molecule has 1 aromatic heterocycles. The zero-order valence-corrected chi connectivity index (χ0v) is 12.6. The minimum absolute atomic E-state index is 0.758. The van der Waals surface area contributed by atoms with Crippen LogP contribution in [0.15, 0.2) is 42.5 Å². The molecule has 0 saturated heterocycles. The first-order valence-corrected chi connectivity index (χ1v) is 6.97. The van der Waals surface area contributed by atoms with Gasteiger partial charge < -0.3 is 14.6 Å². The number of nitrogens with one attached hydrogen (secondary N) is 1. The van der Waals surface area contributed by atoms with E-state index in [1.54, 1.807) is 7.11 Å². The van der Waals surface area contributed by atoms with Gasteiger partial charge in [0.15, 0.2) is 0 Å². The molecule has 0 aliphatic carbocycles. The van der Waals surface area contributed by atoms with Gasteiger partial charge in [-0.2, -0.15) is 0 Å². The maximum absolute atomic E-state index is 5.24. The summed E-state index contributed by atoms with van der Waals surface area (Å²) in [6.45, 7) is 2.78. The Morgan fingerprint density at radius 2 is 2.05 bits per heavy atom. The highest BCUT2D eigenvalue weighted by atomic mass is 16.5.